The molecule has 0 radical (unpaired) electrons. The van der Waals surface area contributed by atoms with E-state index in [4.69, 9.17) is 19.2 Å². The molecule has 7 heteroatoms. The molecule has 0 N–H and O–H groups in total. The molecule has 32 valence electrons. The average molecular weight is 141 g/mol. The monoisotopic (exact) mass is 141 g/mol. The Morgan fingerprint density at radius 2 is 1.00 bits per heavy atom. The van der Waals surface area contributed by atoms with Crippen LogP contribution in [-0.4, -0.2) is 0 Å². The summed E-state index contributed by atoms with van der Waals surface area (Å²) in [4.78, 5) is 25.6. The van der Waals surface area contributed by atoms with E-state index in [1.165, 1.54) is 0 Å². The molecule has 0 aliphatic rings. The van der Waals surface area contributed by atoms with Crippen molar-refractivity contribution in [2.24, 2.45) is 0 Å². The van der Waals surface area contributed by atoms with Crippen LogP contribution in [0.3, 0.4) is 0 Å². The van der Waals surface area contributed by atoms with Gasteiger partial charge in [0.05, 0.1) is 0 Å². The van der Waals surface area contributed by atoms with E-state index in [0.717, 1.165) is 0 Å². The van der Waals surface area contributed by atoms with Crippen LogP contribution in [0.1, 0.15) is 0 Å². The van der Waals surface area contributed by atoms with Crippen LogP contribution < -0.4 is 73.8 Å². The molecule has 0 saturated carbocycles. The van der Waals surface area contributed by atoms with Crippen molar-refractivity contribution in [2.45, 2.75) is 0 Å². The Morgan fingerprint density at radius 1 is 1.00 bits per heavy atom. The Bertz CT molecular complexity index is 55.8. The van der Waals surface area contributed by atoms with E-state index in [1.54, 1.807) is 0 Å². The molecular weight excluding hydrogens is 141 g/mol. The minimum atomic E-state index is -5.39. The van der Waals surface area contributed by atoms with Gasteiger partial charge in [0.2, 0.25) is 0 Å². The third-order valence-electron chi connectivity index (χ3n) is 0. The third kappa shape index (κ3) is 68.0. The third-order valence-corrected chi connectivity index (χ3v) is 0. The van der Waals surface area contributed by atoms with Crippen molar-refractivity contribution >= 4 is 7.82 Å². The first-order valence-corrected chi connectivity index (χ1v) is 2.19. The maximum atomic E-state index is 8.55. The van der Waals surface area contributed by atoms with E-state index in [9.17, 15) is 0 Å². The molecule has 0 amide bonds. The van der Waals surface area contributed by atoms with Crippen molar-refractivity contribution in [3.05, 3.63) is 0 Å². The summed E-state index contributed by atoms with van der Waals surface area (Å²) >= 11 is 0. The molecule has 0 aromatic carbocycles. The normalized spacial score (nSPS) is 8.43. The maximum absolute atomic E-state index is 8.55. The summed E-state index contributed by atoms with van der Waals surface area (Å²) in [7, 11) is -5.39. The predicted molar refractivity (Wildman–Crippen MR) is 7.61 cm³/mol. The zero-order valence-corrected chi connectivity index (χ0v) is 8.97. The number of rotatable bonds is 0. The fourth-order valence-corrected chi connectivity index (χ4v) is 0. The van der Waals surface area contributed by atoms with Crippen molar-refractivity contribution in [2.75, 3.05) is 0 Å². The first-order chi connectivity index (χ1) is 2.00. The standard InChI is InChI=1S/2Na.H3O4P/c;;1-5(2,3)4/h;;(H3,1,2,3,4)/q2*+1;/p-3. The fourth-order valence-electron chi connectivity index (χ4n) is 0. The molecule has 0 aliphatic carbocycles. The Morgan fingerprint density at radius 3 is 1.00 bits per heavy atom. The van der Waals surface area contributed by atoms with Crippen LogP contribution >= 0.6 is 7.82 Å². The molecule has 0 rings (SSSR count). The summed E-state index contributed by atoms with van der Waals surface area (Å²) in [6.07, 6.45) is 0. The van der Waals surface area contributed by atoms with Gasteiger partial charge in [0.1, 0.15) is 0 Å². The van der Waals surface area contributed by atoms with Crippen molar-refractivity contribution in [1.82, 2.24) is 0 Å². The molecule has 0 bridgehead atoms. The van der Waals surface area contributed by atoms with Crippen LogP contribution in [0.25, 0.3) is 0 Å². The Kier molecular flexibility index (Phi) is 14.3. The molecule has 4 nitrogen and oxygen atoms in total. The van der Waals surface area contributed by atoms with Crippen molar-refractivity contribution < 1.29 is 78.4 Å². The second-order valence-corrected chi connectivity index (χ2v) is 1.34. The van der Waals surface area contributed by atoms with Gasteiger partial charge in [-0.1, -0.05) is 0 Å². The van der Waals surface area contributed by atoms with Gasteiger partial charge in [-0.3, -0.25) is 0 Å². The molecule has 7 heavy (non-hydrogen) atoms. The summed E-state index contributed by atoms with van der Waals surface area (Å²) in [6, 6.07) is 0. The summed E-state index contributed by atoms with van der Waals surface area (Å²) < 4.78 is 8.55. The summed E-state index contributed by atoms with van der Waals surface area (Å²) in [6.45, 7) is 0. The van der Waals surface area contributed by atoms with E-state index < -0.39 is 7.82 Å². The van der Waals surface area contributed by atoms with E-state index in [2.05, 4.69) is 0 Å². The van der Waals surface area contributed by atoms with Crippen molar-refractivity contribution in [3.63, 3.8) is 0 Å². The molecule has 0 unspecified atom stereocenters. The molecule has 0 spiro atoms. The molecule has 0 heterocycles. The van der Waals surface area contributed by atoms with Crippen LogP contribution in [0.2, 0.25) is 0 Å². The molecule has 0 aromatic rings. The largest absolute Gasteiger partial charge is 1.00 e. The minimum Gasteiger partial charge on any atom is -0.822 e. The Labute approximate surface area is 85.1 Å². The number of hydrogen-bond acceptors (Lipinski definition) is 4. The van der Waals surface area contributed by atoms with Gasteiger partial charge < -0.3 is 19.2 Å². The number of hydrogen-bond donors (Lipinski definition) is 0. The first-order valence-electron chi connectivity index (χ1n) is 0.730. The Hall–Kier alpha value is 2.11. The molecule has 0 saturated heterocycles. The van der Waals surface area contributed by atoms with Crippen LogP contribution in [-0.2, 0) is 4.57 Å². The number of phosphoric acid groups is 1. The predicted octanol–water partition coefficient (Wildman–Crippen LogP) is -8.82. The molecule has 0 fully saturated rings. The van der Waals surface area contributed by atoms with Gasteiger partial charge in [-0.25, -0.2) is 0 Å². The second kappa shape index (κ2) is 6.23. The van der Waals surface area contributed by atoms with Gasteiger partial charge in [-0.05, 0) is 0 Å². The van der Waals surface area contributed by atoms with Gasteiger partial charge >= 0.3 is 59.1 Å². The molecule has 0 aliphatic heterocycles. The van der Waals surface area contributed by atoms with Crippen LogP contribution in [0.15, 0.2) is 0 Å². The van der Waals surface area contributed by atoms with Crippen LogP contribution in [0.5, 0.6) is 0 Å². The van der Waals surface area contributed by atoms with E-state index >= 15 is 0 Å². The van der Waals surface area contributed by atoms with Gasteiger partial charge in [0.15, 0.2) is 0 Å². The molecule has 0 aromatic heterocycles. The fraction of sp³-hybridized carbons (Fsp3) is 0. The van der Waals surface area contributed by atoms with E-state index in [-0.39, 0.29) is 59.1 Å². The van der Waals surface area contributed by atoms with Crippen molar-refractivity contribution in [3.8, 4) is 0 Å². The summed E-state index contributed by atoms with van der Waals surface area (Å²) in [5.74, 6) is 0. The molecular formula is Na2O4P-. The zero-order chi connectivity index (χ0) is 4.50. The van der Waals surface area contributed by atoms with E-state index in [0.29, 0.717) is 0 Å². The Balaban J connectivity index is -0.0000000800. The molecule has 0 atom stereocenters. The van der Waals surface area contributed by atoms with Gasteiger partial charge in [0.25, 0.3) is 0 Å². The quantitative estimate of drug-likeness (QED) is 0.247. The van der Waals surface area contributed by atoms with Gasteiger partial charge in [-0.15, -0.1) is 0 Å². The maximum Gasteiger partial charge on any atom is 1.00 e. The summed E-state index contributed by atoms with van der Waals surface area (Å²) in [5.41, 5.74) is 0. The topological polar surface area (TPSA) is 86.2 Å². The van der Waals surface area contributed by atoms with E-state index in [1.807, 2.05) is 0 Å². The second-order valence-electron chi connectivity index (χ2n) is 0.447. The van der Waals surface area contributed by atoms with Crippen LogP contribution in [0, 0.1) is 0 Å². The minimum absolute atomic E-state index is 0. The zero-order valence-electron chi connectivity index (χ0n) is 4.08. The van der Waals surface area contributed by atoms with Gasteiger partial charge in [-0.2, -0.15) is 7.82 Å². The van der Waals surface area contributed by atoms with Gasteiger partial charge in [0, 0.05) is 0 Å². The van der Waals surface area contributed by atoms with Crippen molar-refractivity contribution in [1.29, 1.82) is 0 Å². The average Bonchev–Trinajstić information content (AvgIpc) is 0.722. The SMILES string of the molecule is O=P([O-])([O-])[O-].[Na+].[Na+]. The summed E-state index contributed by atoms with van der Waals surface area (Å²) in [5, 5.41) is 0. The first kappa shape index (κ1) is 16.1. The van der Waals surface area contributed by atoms with Crippen LogP contribution in [0.4, 0.5) is 0 Å². The smallest absolute Gasteiger partial charge is 0.822 e.